The summed E-state index contributed by atoms with van der Waals surface area (Å²) >= 11 is 5.78. The van der Waals surface area contributed by atoms with Crippen molar-refractivity contribution in [3.05, 3.63) is 34.9 Å². The van der Waals surface area contributed by atoms with Gasteiger partial charge in [-0.25, -0.2) is 0 Å². The van der Waals surface area contributed by atoms with Gasteiger partial charge in [0.05, 0.1) is 6.04 Å². The van der Waals surface area contributed by atoms with Gasteiger partial charge in [-0.3, -0.25) is 4.79 Å². The summed E-state index contributed by atoms with van der Waals surface area (Å²) in [5, 5.41) is 0.674. The SMILES string of the molecule is CC(=O)[C@@H](N)Cc1cccc(Cl)c1. The maximum atomic E-state index is 10.9. The highest BCUT2D eigenvalue weighted by Crippen LogP contribution is 2.11. The summed E-state index contributed by atoms with van der Waals surface area (Å²) in [7, 11) is 0. The molecule has 0 aromatic heterocycles. The Kier molecular flexibility index (Phi) is 3.46. The molecule has 1 atom stereocenters. The zero-order chi connectivity index (χ0) is 9.84. The molecule has 0 aliphatic rings. The number of halogens is 1. The molecule has 0 fully saturated rings. The van der Waals surface area contributed by atoms with Gasteiger partial charge in [0.25, 0.3) is 0 Å². The third-order valence-corrected chi connectivity index (χ3v) is 2.10. The van der Waals surface area contributed by atoms with Crippen LogP contribution in [0, 0.1) is 0 Å². The average Bonchev–Trinajstić information content (AvgIpc) is 2.04. The van der Waals surface area contributed by atoms with Gasteiger partial charge in [-0.05, 0) is 31.0 Å². The fourth-order valence-corrected chi connectivity index (χ4v) is 1.27. The Hall–Kier alpha value is -0.860. The minimum Gasteiger partial charge on any atom is -0.321 e. The number of hydrogen-bond donors (Lipinski definition) is 1. The zero-order valence-electron chi connectivity index (χ0n) is 7.46. The Morgan fingerprint density at radius 2 is 2.31 bits per heavy atom. The number of Topliss-reactive ketones (excluding diaryl/α,β-unsaturated/α-hetero) is 1. The van der Waals surface area contributed by atoms with Crippen LogP contribution in [-0.2, 0) is 11.2 Å². The first kappa shape index (κ1) is 10.2. The van der Waals surface area contributed by atoms with Crippen molar-refractivity contribution in [2.45, 2.75) is 19.4 Å². The molecule has 0 amide bonds. The molecule has 1 aromatic carbocycles. The first-order valence-electron chi connectivity index (χ1n) is 4.10. The molecule has 0 aliphatic heterocycles. The third kappa shape index (κ3) is 3.17. The van der Waals surface area contributed by atoms with Gasteiger partial charge >= 0.3 is 0 Å². The molecule has 0 bridgehead atoms. The number of nitrogens with two attached hydrogens (primary N) is 1. The molecular formula is C10H12ClNO. The van der Waals surface area contributed by atoms with Crippen LogP contribution in [0.25, 0.3) is 0 Å². The third-order valence-electron chi connectivity index (χ3n) is 1.87. The Labute approximate surface area is 82.7 Å². The highest BCUT2D eigenvalue weighted by molar-refractivity contribution is 6.30. The van der Waals surface area contributed by atoms with Crippen LogP contribution in [0.15, 0.2) is 24.3 Å². The minimum absolute atomic E-state index is 0.0000227. The Morgan fingerprint density at radius 1 is 1.62 bits per heavy atom. The second kappa shape index (κ2) is 4.40. The van der Waals surface area contributed by atoms with E-state index in [0.717, 1.165) is 5.56 Å². The monoisotopic (exact) mass is 197 g/mol. The molecule has 0 spiro atoms. The number of rotatable bonds is 3. The summed E-state index contributed by atoms with van der Waals surface area (Å²) in [5.41, 5.74) is 6.60. The lowest BCUT2D eigenvalue weighted by Gasteiger charge is -2.07. The molecule has 13 heavy (non-hydrogen) atoms. The number of hydrogen-bond acceptors (Lipinski definition) is 2. The summed E-state index contributed by atoms with van der Waals surface area (Å²) in [4.78, 5) is 10.9. The smallest absolute Gasteiger partial charge is 0.146 e. The Bertz CT molecular complexity index is 312. The van der Waals surface area contributed by atoms with Gasteiger partial charge in [0, 0.05) is 5.02 Å². The highest BCUT2D eigenvalue weighted by Gasteiger charge is 2.08. The summed E-state index contributed by atoms with van der Waals surface area (Å²) in [6, 6.07) is 6.96. The molecular weight excluding hydrogens is 186 g/mol. The van der Waals surface area contributed by atoms with Crippen LogP contribution in [0.2, 0.25) is 5.02 Å². The Balaban J connectivity index is 2.69. The highest BCUT2D eigenvalue weighted by atomic mass is 35.5. The summed E-state index contributed by atoms with van der Waals surface area (Å²) < 4.78 is 0. The molecule has 0 unspecified atom stereocenters. The molecule has 1 aromatic rings. The number of benzene rings is 1. The van der Waals surface area contributed by atoms with Crippen LogP contribution < -0.4 is 5.73 Å². The Morgan fingerprint density at radius 3 is 2.85 bits per heavy atom. The van der Waals surface area contributed by atoms with Crippen molar-refractivity contribution >= 4 is 17.4 Å². The van der Waals surface area contributed by atoms with Gasteiger partial charge in [-0.1, -0.05) is 23.7 Å². The van der Waals surface area contributed by atoms with Crippen molar-refractivity contribution in [1.29, 1.82) is 0 Å². The predicted molar refractivity (Wildman–Crippen MR) is 53.8 cm³/mol. The number of ketones is 1. The standard InChI is InChI=1S/C10H12ClNO/c1-7(13)10(12)6-8-3-2-4-9(11)5-8/h2-5,10H,6,12H2,1H3/t10-/m0/s1. The summed E-state index contributed by atoms with van der Waals surface area (Å²) in [6.45, 7) is 1.50. The zero-order valence-corrected chi connectivity index (χ0v) is 8.21. The van der Waals surface area contributed by atoms with E-state index < -0.39 is 6.04 Å². The lowest BCUT2D eigenvalue weighted by molar-refractivity contribution is -0.118. The second-order valence-electron chi connectivity index (χ2n) is 3.05. The van der Waals surface area contributed by atoms with Crippen LogP contribution in [0.3, 0.4) is 0 Å². The molecule has 3 heteroatoms. The van der Waals surface area contributed by atoms with E-state index >= 15 is 0 Å². The maximum absolute atomic E-state index is 10.9. The van der Waals surface area contributed by atoms with Gasteiger partial charge < -0.3 is 5.73 Å². The fourth-order valence-electron chi connectivity index (χ4n) is 1.06. The van der Waals surface area contributed by atoms with Crippen molar-refractivity contribution < 1.29 is 4.79 Å². The summed E-state index contributed by atoms with van der Waals surface area (Å²) in [5.74, 6) is -0.0000227. The quantitative estimate of drug-likeness (QED) is 0.803. The molecule has 2 nitrogen and oxygen atoms in total. The van der Waals surface area contributed by atoms with E-state index in [0.29, 0.717) is 11.4 Å². The number of carbonyl (C=O) groups is 1. The van der Waals surface area contributed by atoms with Crippen LogP contribution in [-0.4, -0.2) is 11.8 Å². The lowest BCUT2D eigenvalue weighted by Crippen LogP contribution is -2.30. The van der Waals surface area contributed by atoms with E-state index in [2.05, 4.69) is 0 Å². The van der Waals surface area contributed by atoms with Crippen molar-refractivity contribution in [3.8, 4) is 0 Å². The normalized spacial score (nSPS) is 12.5. The van der Waals surface area contributed by atoms with E-state index in [1.54, 1.807) is 6.07 Å². The van der Waals surface area contributed by atoms with Crippen molar-refractivity contribution in [2.75, 3.05) is 0 Å². The fraction of sp³-hybridized carbons (Fsp3) is 0.300. The second-order valence-corrected chi connectivity index (χ2v) is 3.49. The van der Waals surface area contributed by atoms with E-state index in [4.69, 9.17) is 17.3 Å². The number of carbonyl (C=O) groups excluding carboxylic acids is 1. The maximum Gasteiger partial charge on any atom is 0.146 e. The van der Waals surface area contributed by atoms with E-state index in [-0.39, 0.29) is 5.78 Å². The van der Waals surface area contributed by atoms with Gasteiger partial charge in [0.2, 0.25) is 0 Å². The topological polar surface area (TPSA) is 43.1 Å². The molecule has 70 valence electrons. The average molecular weight is 198 g/mol. The van der Waals surface area contributed by atoms with E-state index in [1.807, 2.05) is 18.2 Å². The van der Waals surface area contributed by atoms with Crippen LogP contribution in [0.1, 0.15) is 12.5 Å². The van der Waals surface area contributed by atoms with Crippen molar-refractivity contribution in [1.82, 2.24) is 0 Å². The van der Waals surface area contributed by atoms with Gasteiger partial charge in [-0.2, -0.15) is 0 Å². The van der Waals surface area contributed by atoms with Crippen LogP contribution in [0.5, 0.6) is 0 Å². The van der Waals surface area contributed by atoms with E-state index in [1.165, 1.54) is 6.92 Å². The van der Waals surface area contributed by atoms with Crippen LogP contribution in [0.4, 0.5) is 0 Å². The molecule has 0 heterocycles. The first-order valence-corrected chi connectivity index (χ1v) is 4.48. The lowest BCUT2D eigenvalue weighted by atomic mass is 10.0. The van der Waals surface area contributed by atoms with Crippen molar-refractivity contribution in [3.63, 3.8) is 0 Å². The first-order chi connectivity index (χ1) is 6.09. The van der Waals surface area contributed by atoms with E-state index in [9.17, 15) is 4.79 Å². The molecule has 0 saturated carbocycles. The largest absolute Gasteiger partial charge is 0.321 e. The molecule has 0 aliphatic carbocycles. The van der Waals surface area contributed by atoms with Crippen LogP contribution >= 0.6 is 11.6 Å². The predicted octanol–water partition coefficient (Wildman–Crippen LogP) is 1.80. The van der Waals surface area contributed by atoms with Crippen molar-refractivity contribution in [2.24, 2.45) is 5.73 Å². The van der Waals surface area contributed by atoms with Gasteiger partial charge in [0.1, 0.15) is 5.78 Å². The molecule has 0 saturated heterocycles. The molecule has 1 rings (SSSR count). The molecule has 0 radical (unpaired) electrons. The minimum atomic E-state index is -0.418. The van der Waals surface area contributed by atoms with Gasteiger partial charge in [0.15, 0.2) is 0 Å². The summed E-state index contributed by atoms with van der Waals surface area (Å²) in [6.07, 6.45) is 0.551. The molecule has 2 N–H and O–H groups in total. The van der Waals surface area contributed by atoms with Gasteiger partial charge in [-0.15, -0.1) is 0 Å².